The minimum Gasteiger partial charge on any atom is -0.444 e. The number of hydrogen-bond donors (Lipinski definition) is 2. The maximum atomic E-state index is 14.0. The van der Waals surface area contributed by atoms with Crippen molar-refractivity contribution >= 4 is 38.7 Å². The van der Waals surface area contributed by atoms with Gasteiger partial charge in [0, 0.05) is 27.8 Å². The van der Waals surface area contributed by atoms with Gasteiger partial charge in [-0.05, 0) is 83.3 Å². The molecule has 3 heterocycles. The van der Waals surface area contributed by atoms with Crippen LogP contribution in [0.2, 0.25) is 0 Å². The predicted octanol–water partition coefficient (Wildman–Crippen LogP) is 5.72. The highest BCUT2D eigenvalue weighted by atomic mass is 127. The molecule has 11 nitrogen and oxygen atoms in total. The fourth-order valence-corrected chi connectivity index (χ4v) is 8.09. The number of carbonyl (C=O) groups is 1. The zero-order valence-corrected chi connectivity index (χ0v) is 30.2. The number of nitrogens with one attached hydrogen (secondary N) is 1. The van der Waals surface area contributed by atoms with Crippen LogP contribution in [0.4, 0.5) is 4.79 Å². The molecule has 2 saturated heterocycles. The van der Waals surface area contributed by atoms with Crippen molar-refractivity contribution in [2.24, 2.45) is 11.8 Å². The summed E-state index contributed by atoms with van der Waals surface area (Å²) >= 11 is 2.23. The van der Waals surface area contributed by atoms with Crippen LogP contribution in [-0.4, -0.2) is 79.7 Å². The number of fused-ring (bicyclic) bond motifs is 1. The van der Waals surface area contributed by atoms with Crippen LogP contribution in [0, 0.1) is 15.4 Å². The molecule has 1 aromatic heterocycles. The summed E-state index contributed by atoms with van der Waals surface area (Å²) in [6, 6.07) is 22.8. The van der Waals surface area contributed by atoms with Crippen LogP contribution < -0.4 is 5.32 Å². The van der Waals surface area contributed by atoms with Crippen LogP contribution in [0.1, 0.15) is 25.8 Å². The number of oxazole rings is 1. The van der Waals surface area contributed by atoms with Crippen LogP contribution in [0.3, 0.4) is 0 Å². The molecule has 0 bridgehead atoms. The first-order chi connectivity index (χ1) is 23.6. The van der Waals surface area contributed by atoms with Gasteiger partial charge in [0.1, 0.15) is 18.1 Å². The Morgan fingerprint density at radius 1 is 1.02 bits per heavy atom. The van der Waals surface area contributed by atoms with Gasteiger partial charge >= 0.3 is 6.09 Å². The van der Waals surface area contributed by atoms with E-state index in [0.29, 0.717) is 23.8 Å². The van der Waals surface area contributed by atoms with Crippen molar-refractivity contribution in [2.45, 2.75) is 56.1 Å². The first-order valence-electron chi connectivity index (χ1n) is 16.3. The predicted molar refractivity (Wildman–Crippen MR) is 191 cm³/mol. The lowest BCUT2D eigenvalue weighted by atomic mass is 10.0. The Kier molecular flexibility index (Phi) is 11.4. The quantitative estimate of drug-likeness (QED) is 0.163. The molecule has 0 radical (unpaired) electrons. The summed E-state index contributed by atoms with van der Waals surface area (Å²) in [6.07, 6.45) is -0.254. The van der Waals surface area contributed by atoms with Gasteiger partial charge in [-0.1, -0.05) is 56.3 Å². The van der Waals surface area contributed by atoms with E-state index < -0.39 is 34.4 Å². The molecule has 2 N–H and O–H groups in total. The molecule has 0 unspecified atom stereocenters. The average molecular weight is 802 g/mol. The van der Waals surface area contributed by atoms with E-state index in [0.717, 1.165) is 21.1 Å². The molecular formula is C36H40IN3O8S. The van der Waals surface area contributed by atoms with E-state index >= 15 is 0 Å². The summed E-state index contributed by atoms with van der Waals surface area (Å²) in [5.74, 6) is 0.391. The number of ether oxygens (including phenoxy) is 3. The van der Waals surface area contributed by atoms with Gasteiger partial charge in [-0.15, -0.1) is 0 Å². The van der Waals surface area contributed by atoms with Gasteiger partial charge in [0.05, 0.1) is 36.2 Å². The number of rotatable bonds is 13. The molecule has 4 aromatic rings. The number of halogens is 1. The molecule has 0 spiro atoms. The molecule has 260 valence electrons. The number of nitrogens with zero attached hydrogens (tertiary/aromatic N) is 2. The third-order valence-corrected chi connectivity index (χ3v) is 11.2. The highest BCUT2D eigenvalue weighted by Crippen LogP contribution is 2.33. The van der Waals surface area contributed by atoms with E-state index in [2.05, 4.69) is 32.9 Å². The summed E-state index contributed by atoms with van der Waals surface area (Å²) in [5.41, 5.74) is 2.98. The van der Waals surface area contributed by atoms with Gasteiger partial charge in [0.2, 0.25) is 15.9 Å². The maximum absolute atomic E-state index is 14.0. The van der Waals surface area contributed by atoms with Crippen molar-refractivity contribution in [1.29, 1.82) is 0 Å². The molecule has 3 aromatic carbocycles. The third-order valence-electron chi connectivity index (χ3n) is 8.65. The number of aliphatic hydroxyl groups excluding tert-OH is 1. The van der Waals surface area contributed by atoms with Crippen LogP contribution in [0.25, 0.3) is 22.7 Å². The van der Waals surface area contributed by atoms with E-state index in [1.165, 1.54) is 16.4 Å². The molecule has 6 rings (SSSR count). The Hall–Kier alpha value is -3.34. The highest BCUT2D eigenvalue weighted by molar-refractivity contribution is 14.1. The van der Waals surface area contributed by atoms with Crippen LogP contribution in [-0.2, 0) is 30.7 Å². The molecule has 1 amide bonds. The van der Waals surface area contributed by atoms with Gasteiger partial charge in [-0.25, -0.2) is 18.2 Å². The lowest BCUT2D eigenvalue weighted by Crippen LogP contribution is -2.51. The average Bonchev–Trinajstić information content (AvgIpc) is 3.85. The zero-order valence-electron chi connectivity index (χ0n) is 27.3. The number of amides is 1. The second kappa shape index (κ2) is 15.7. The summed E-state index contributed by atoms with van der Waals surface area (Å²) in [4.78, 5) is 17.8. The summed E-state index contributed by atoms with van der Waals surface area (Å²) in [6.45, 7) is 4.52. The second-order valence-electron chi connectivity index (χ2n) is 12.8. The number of sulfonamides is 1. The van der Waals surface area contributed by atoms with Gasteiger partial charge < -0.3 is 29.1 Å². The summed E-state index contributed by atoms with van der Waals surface area (Å²) in [7, 11) is -4.04. The molecular weight excluding hydrogens is 761 g/mol. The third kappa shape index (κ3) is 8.70. The maximum Gasteiger partial charge on any atom is 0.407 e. The Labute approximate surface area is 300 Å². The number of aliphatic hydroxyl groups is 1. The first kappa shape index (κ1) is 35.5. The van der Waals surface area contributed by atoms with Crippen LogP contribution in [0.15, 0.2) is 94.4 Å². The molecule has 13 heteroatoms. The molecule has 2 fully saturated rings. The monoisotopic (exact) mass is 801 g/mol. The second-order valence-corrected chi connectivity index (χ2v) is 15.9. The minimum atomic E-state index is -4.04. The van der Waals surface area contributed by atoms with Gasteiger partial charge in [0.15, 0.2) is 6.29 Å². The number of hydrogen-bond acceptors (Lipinski definition) is 9. The van der Waals surface area contributed by atoms with E-state index in [1.807, 2.05) is 68.4 Å². The Bertz CT molecular complexity index is 1800. The van der Waals surface area contributed by atoms with Crippen LogP contribution >= 0.6 is 22.6 Å². The molecule has 49 heavy (non-hydrogen) atoms. The van der Waals surface area contributed by atoms with Crippen molar-refractivity contribution in [3.05, 3.63) is 94.3 Å². The van der Waals surface area contributed by atoms with Crippen molar-refractivity contribution in [3.8, 4) is 22.7 Å². The Balaban J connectivity index is 1.17. The number of benzene rings is 3. The zero-order chi connectivity index (χ0) is 34.5. The molecule has 0 saturated carbocycles. The van der Waals surface area contributed by atoms with E-state index in [9.17, 15) is 18.3 Å². The lowest BCUT2D eigenvalue weighted by molar-refractivity contribution is -0.0907. The molecule has 2 aliphatic heterocycles. The van der Waals surface area contributed by atoms with Crippen molar-refractivity contribution in [2.75, 3.05) is 26.3 Å². The van der Waals surface area contributed by atoms with Gasteiger partial charge in [0.25, 0.3) is 0 Å². The number of aromatic nitrogens is 1. The van der Waals surface area contributed by atoms with E-state index in [-0.39, 0.29) is 49.1 Å². The normalized spacial score (nSPS) is 20.3. The first-order valence-corrected chi connectivity index (χ1v) is 18.8. The molecule has 5 atom stereocenters. The Morgan fingerprint density at radius 2 is 1.73 bits per heavy atom. The number of alkyl carbamates (subject to hydrolysis) is 1. The topological polar surface area (TPSA) is 140 Å². The van der Waals surface area contributed by atoms with Gasteiger partial charge in [-0.2, -0.15) is 4.31 Å². The van der Waals surface area contributed by atoms with E-state index in [4.69, 9.17) is 18.6 Å². The van der Waals surface area contributed by atoms with Crippen LogP contribution in [0.5, 0.6) is 0 Å². The standard InChI is InChI=1S/C36H40IN3O8S/c1-23(2)19-40(49(43,44)28-14-10-25(11-15-28)31-21-46-34(38-31)26-8-12-27(37)13-9-26)20-32(41)30(18-24-6-4-3-5-7-24)39-36(42)48-33-22-47-35-29(33)16-17-45-35/h3-15,21,23,29-30,32-33,35,41H,16-20,22H2,1-2H3,(H,39,42)/t29-,30-,32+,33-,35+/m0/s1. The fourth-order valence-electron chi connectivity index (χ4n) is 6.11. The number of carbonyl (C=O) groups excluding carboxylic acids is 1. The molecule has 0 aliphatic carbocycles. The van der Waals surface area contributed by atoms with Crippen molar-refractivity contribution in [3.63, 3.8) is 0 Å². The van der Waals surface area contributed by atoms with Gasteiger partial charge in [-0.3, -0.25) is 0 Å². The summed E-state index contributed by atoms with van der Waals surface area (Å²) < 4.78 is 53.0. The Morgan fingerprint density at radius 3 is 2.45 bits per heavy atom. The lowest BCUT2D eigenvalue weighted by Gasteiger charge is -2.31. The summed E-state index contributed by atoms with van der Waals surface area (Å²) in [5, 5.41) is 14.4. The minimum absolute atomic E-state index is 0.0366. The smallest absolute Gasteiger partial charge is 0.407 e. The highest BCUT2D eigenvalue weighted by Gasteiger charge is 2.44. The fraction of sp³-hybridized carbons (Fsp3) is 0.389. The SMILES string of the molecule is CC(C)CN(C[C@@H](O)[C@H](Cc1ccccc1)NC(=O)O[C@H]1CO[C@H]2OCC[C@H]21)S(=O)(=O)c1ccc(-c2coc(-c3ccc(I)cc3)n2)cc1. The molecule has 2 aliphatic rings. The van der Waals surface area contributed by atoms with Crippen molar-refractivity contribution < 1.29 is 36.9 Å². The van der Waals surface area contributed by atoms with E-state index in [1.54, 1.807) is 18.4 Å². The van der Waals surface area contributed by atoms with Crippen molar-refractivity contribution in [1.82, 2.24) is 14.6 Å². The largest absolute Gasteiger partial charge is 0.444 e.